The molecule has 0 aliphatic carbocycles. The summed E-state index contributed by atoms with van der Waals surface area (Å²) in [5, 5.41) is 2.92. The third-order valence-electron chi connectivity index (χ3n) is 3.55. The molecule has 0 spiro atoms. The molecule has 0 fully saturated rings. The van der Waals surface area contributed by atoms with Crippen LogP contribution in [0.4, 0.5) is 10.3 Å². The molecule has 0 saturated carbocycles. The van der Waals surface area contributed by atoms with Crippen molar-refractivity contribution >= 4 is 17.2 Å². The Bertz CT molecular complexity index is 866. The maximum atomic E-state index is 13.7. The van der Waals surface area contributed by atoms with Gasteiger partial charge in [-0.2, -0.15) is 4.39 Å². The van der Waals surface area contributed by atoms with Crippen LogP contribution in [0.2, 0.25) is 0 Å². The molecular formula is C16H16FN5. The van der Waals surface area contributed by atoms with Gasteiger partial charge in [-0.25, -0.2) is 15.0 Å². The molecule has 0 aromatic carbocycles. The number of halogens is 1. The lowest BCUT2D eigenvalue weighted by Crippen LogP contribution is -2.02. The zero-order chi connectivity index (χ0) is 15.7. The first kappa shape index (κ1) is 14.2. The topological polar surface area (TPSA) is 55.1 Å². The number of imidazole rings is 1. The van der Waals surface area contributed by atoms with E-state index in [9.17, 15) is 4.39 Å². The van der Waals surface area contributed by atoms with Crippen molar-refractivity contribution in [1.29, 1.82) is 0 Å². The lowest BCUT2D eigenvalue weighted by atomic mass is 9.99. The van der Waals surface area contributed by atoms with Gasteiger partial charge in [0.2, 0.25) is 11.9 Å². The van der Waals surface area contributed by atoms with Crippen molar-refractivity contribution in [3.8, 4) is 0 Å². The van der Waals surface area contributed by atoms with Crippen LogP contribution in [0.15, 0.2) is 36.8 Å². The lowest BCUT2D eigenvalue weighted by Gasteiger charge is -2.11. The van der Waals surface area contributed by atoms with E-state index in [0.29, 0.717) is 11.6 Å². The van der Waals surface area contributed by atoms with E-state index < -0.39 is 0 Å². The van der Waals surface area contributed by atoms with Gasteiger partial charge in [0.25, 0.3) is 0 Å². The molecule has 1 N–H and O–H groups in total. The summed E-state index contributed by atoms with van der Waals surface area (Å²) in [6.45, 7) is 3.87. The van der Waals surface area contributed by atoms with Crippen molar-refractivity contribution in [3.63, 3.8) is 0 Å². The number of hydrogen-bond acceptors (Lipinski definition) is 4. The zero-order valence-electron chi connectivity index (χ0n) is 12.6. The summed E-state index contributed by atoms with van der Waals surface area (Å²) in [6.07, 6.45) is 6.70. The second-order valence-corrected chi connectivity index (χ2v) is 4.87. The van der Waals surface area contributed by atoms with Crippen LogP contribution in [0, 0.1) is 12.9 Å². The highest BCUT2D eigenvalue weighted by Gasteiger charge is 2.11. The van der Waals surface area contributed by atoms with Gasteiger partial charge in [0.15, 0.2) is 0 Å². The average Bonchev–Trinajstić information content (AvgIpc) is 2.90. The van der Waals surface area contributed by atoms with E-state index in [2.05, 4.69) is 20.3 Å². The van der Waals surface area contributed by atoms with Gasteiger partial charge < -0.3 is 5.32 Å². The number of fused-ring (bicyclic) bond motifs is 1. The van der Waals surface area contributed by atoms with E-state index in [1.807, 2.05) is 26.0 Å². The van der Waals surface area contributed by atoms with Gasteiger partial charge in [0, 0.05) is 25.0 Å². The van der Waals surface area contributed by atoms with Gasteiger partial charge >= 0.3 is 0 Å². The molecular weight excluding hydrogens is 281 g/mol. The van der Waals surface area contributed by atoms with Crippen molar-refractivity contribution in [1.82, 2.24) is 19.4 Å². The molecule has 0 saturated heterocycles. The lowest BCUT2D eigenvalue weighted by molar-refractivity contribution is 0.573. The van der Waals surface area contributed by atoms with E-state index in [1.165, 1.54) is 10.6 Å². The summed E-state index contributed by atoms with van der Waals surface area (Å²) in [7, 11) is 1.78. The molecule has 0 radical (unpaired) electrons. The van der Waals surface area contributed by atoms with Gasteiger partial charge in [-0.1, -0.05) is 6.08 Å². The maximum Gasteiger partial charge on any atom is 0.222 e. The minimum atomic E-state index is -0.384. The predicted octanol–water partition coefficient (Wildman–Crippen LogP) is 3.07. The Morgan fingerprint density at radius 1 is 1.27 bits per heavy atom. The van der Waals surface area contributed by atoms with Crippen LogP contribution in [-0.4, -0.2) is 26.4 Å². The molecule has 3 heterocycles. The van der Waals surface area contributed by atoms with Crippen LogP contribution in [0.25, 0.3) is 11.2 Å². The molecule has 3 aromatic rings. The van der Waals surface area contributed by atoms with E-state index in [4.69, 9.17) is 0 Å². The van der Waals surface area contributed by atoms with Crippen molar-refractivity contribution in [2.24, 2.45) is 0 Å². The molecule has 0 aliphatic rings. The molecule has 112 valence electrons. The fraction of sp³-hybridized carbons (Fsp3) is 0.188. The quantitative estimate of drug-likeness (QED) is 0.807. The van der Waals surface area contributed by atoms with Crippen molar-refractivity contribution in [3.05, 3.63) is 59.6 Å². The number of allylic oxidation sites excluding steroid dienone is 1. The molecule has 3 rings (SSSR count). The van der Waals surface area contributed by atoms with Crippen LogP contribution in [0.3, 0.4) is 0 Å². The Morgan fingerprint density at radius 2 is 2.09 bits per heavy atom. The fourth-order valence-corrected chi connectivity index (χ4v) is 2.44. The number of aryl methyl sites for hydroxylation is 1. The molecule has 0 atom stereocenters. The Morgan fingerprint density at radius 3 is 2.77 bits per heavy atom. The third kappa shape index (κ3) is 2.32. The average molecular weight is 297 g/mol. The zero-order valence-corrected chi connectivity index (χ0v) is 12.6. The predicted molar refractivity (Wildman–Crippen MR) is 84.2 cm³/mol. The van der Waals surface area contributed by atoms with Crippen LogP contribution in [0.1, 0.15) is 23.7 Å². The molecule has 6 heteroatoms. The standard InChI is InChI=1S/C16H16FN5/c1-4-12(13-7-20-16(18-3)21-10(13)2)11-5-6-15-19-8-14(17)22(15)9-11/h4-9H,1-3H3,(H,18,20,21)/b12-4-. The minimum Gasteiger partial charge on any atom is -0.357 e. The number of aromatic nitrogens is 4. The first-order valence-corrected chi connectivity index (χ1v) is 6.95. The van der Waals surface area contributed by atoms with E-state index in [0.717, 1.165) is 22.4 Å². The maximum absolute atomic E-state index is 13.7. The molecule has 5 nitrogen and oxygen atoms in total. The summed E-state index contributed by atoms with van der Waals surface area (Å²) >= 11 is 0. The number of hydrogen-bond donors (Lipinski definition) is 1. The number of nitrogens with one attached hydrogen (secondary N) is 1. The van der Waals surface area contributed by atoms with Gasteiger partial charge in [-0.15, -0.1) is 0 Å². The van der Waals surface area contributed by atoms with Gasteiger partial charge in [-0.05, 0) is 37.1 Å². The summed E-state index contributed by atoms with van der Waals surface area (Å²) in [5.41, 5.74) is 4.20. The monoisotopic (exact) mass is 297 g/mol. The SMILES string of the molecule is C/C=C(/c1ccc2ncc(F)n2c1)c1cnc(NC)nc1C. The largest absolute Gasteiger partial charge is 0.357 e. The molecule has 3 aromatic heterocycles. The Balaban J connectivity index is 2.12. The Hall–Kier alpha value is -2.76. The first-order chi connectivity index (χ1) is 10.6. The van der Waals surface area contributed by atoms with Gasteiger partial charge in [-0.3, -0.25) is 4.40 Å². The highest BCUT2D eigenvalue weighted by atomic mass is 19.1. The first-order valence-electron chi connectivity index (χ1n) is 6.95. The van der Waals surface area contributed by atoms with Crippen LogP contribution in [0.5, 0.6) is 0 Å². The number of nitrogens with zero attached hydrogens (tertiary/aromatic N) is 4. The molecule has 0 unspecified atom stereocenters. The number of rotatable bonds is 3. The van der Waals surface area contributed by atoms with Gasteiger partial charge in [0.05, 0.1) is 11.9 Å². The molecule has 0 amide bonds. The number of pyridine rings is 1. The summed E-state index contributed by atoms with van der Waals surface area (Å²) in [6, 6.07) is 3.71. The third-order valence-corrected chi connectivity index (χ3v) is 3.55. The summed E-state index contributed by atoms with van der Waals surface area (Å²) in [4.78, 5) is 12.7. The van der Waals surface area contributed by atoms with Gasteiger partial charge in [0.1, 0.15) is 5.65 Å². The smallest absolute Gasteiger partial charge is 0.222 e. The van der Waals surface area contributed by atoms with E-state index >= 15 is 0 Å². The second kappa shape index (κ2) is 5.55. The number of anilines is 1. The van der Waals surface area contributed by atoms with Crippen LogP contribution in [-0.2, 0) is 0 Å². The van der Waals surface area contributed by atoms with Crippen LogP contribution >= 0.6 is 0 Å². The van der Waals surface area contributed by atoms with Crippen molar-refractivity contribution in [2.75, 3.05) is 12.4 Å². The van der Waals surface area contributed by atoms with Crippen molar-refractivity contribution in [2.45, 2.75) is 13.8 Å². The Kier molecular flexibility index (Phi) is 3.58. The molecule has 0 aliphatic heterocycles. The highest BCUT2D eigenvalue weighted by molar-refractivity contribution is 5.80. The molecule has 0 bridgehead atoms. The fourth-order valence-electron chi connectivity index (χ4n) is 2.44. The summed E-state index contributed by atoms with van der Waals surface area (Å²) < 4.78 is 15.1. The van der Waals surface area contributed by atoms with Crippen LogP contribution < -0.4 is 5.32 Å². The Labute approximate surface area is 127 Å². The molecule has 22 heavy (non-hydrogen) atoms. The highest BCUT2D eigenvalue weighted by Crippen LogP contribution is 2.26. The van der Waals surface area contributed by atoms with Crippen molar-refractivity contribution < 1.29 is 4.39 Å². The van der Waals surface area contributed by atoms with E-state index in [1.54, 1.807) is 25.5 Å². The normalized spacial score (nSPS) is 11.9. The second-order valence-electron chi connectivity index (χ2n) is 4.87. The van der Waals surface area contributed by atoms with E-state index in [-0.39, 0.29) is 5.95 Å². The summed E-state index contributed by atoms with van der Waals surface area (Å²) in [5.74, 6) is 0.193. The minimum absolute atomic E-state index is 0.384.